The van der Waals surface area contributed by atoms with E-state index in [1.165, 1.54) is 4.68 Å². The molecule has 7 heteroatoms. The van der Waals surface area contributed by atoms with Crippen molar-refractivity contribution in [3.8, 4) is 0 Å². The van der Waals surface area contributed by atoms with Crippen LogP contribution in [-0.4, -0.2) is 31.6 Å². The van der Waals surface area contributed by atoms with Gasteiger partial charge in [0.05, 0.1) is 6.20 Å². The first-order chi connectivity index (χ1) is 10.1. The molecule has 0 fully saturated rings. The molecule has 0 spiro atoms. The van der Waals surface area contributed by atoms with Crippen LogP contribution >= 0.6 is 0 Å². The molecule has 0 amide bonds. The van der Waals surface area contributed by atoms with Crippen molar-refractivity contribution in [1.29, 1.82) is 0 Å². The highest BCUT2D eigenvalue weighted by molar-refractivity contribution is 6.00. The number of hydrogen-bond acceptors (Lipinski definition) is 5. The van der Waals surface area contributed by atoms with E-state index in [0.717, 1.165) is 12.2 Å². The van der Waals surface area contributed by atoms with E-state index in [4.69, 9.17) is 4.42 Å². The Hall–Kier alpha value is -2.44. The average molecular weight is 289 g/mol. The molecular weight excluding hydrogens is 274 g/mol. The lowest BCUT2D eigenvalue weighted by Crippen LogP contribution is -2.17. The highest BCUT2D eigenvalue weighted by atomic mass is 16.4. The van der Waals surface area contributed by atoms with Crippen molar-refractivity contribution in [3.05, 3.63) is 34.8 Å². The van der Waals surface area contributed by atoms with Gasteiger partial charge in [-0.25, -0.2) is 9.78 Å². The van der Waals surface area contributed by atoms with Crippen molar-refractivity contribution < 1.29 is 19.1 Å². The number of carbonyl (C=O) groups excluding carboxylic acids is 1. The largest absolute Gasteiger partial charge is 0.476 e. The summed E-state index contributed by atoms with van der Waals surface area (Å²) in [4.78, 5) is 27.5. The first-order valence-corrected chi connectivity index (χ1v) is 6.90. The van der Waals surface area contributed by atoms with Gasteiger partial charge in [-0.05, 0) is 12.8 Å². The summed E-state index contributed by atoms with van der Waals surface area (Å²) in [5.41, 5.74) is 0.872. The van der Waals surface area contributed by atoms with Crippen LogP contribution in [0.1, 0.15) is 58.0 Å². The van der Waals surface area contributed by atoms with Crippen molar-refractivity contribution >= 4 is 11.8 Å². The molecule has 1 aliphatic carbocycles. The van der Waals surface area contributed by atoms with Gasteiger partial charge in [-0.2, -0.15) is 5.10 Å². The summed E-state index contributed by atoms with van der Waals surface area (Å²) in [7, 11) is 0. The van der Waals surface area contributed by atoms with E-state index >= 15 is 0 Å². The predicted octanol–water partition coefficient (Wildman–Crippen LogP) is 1.70. The van der Waals surface area contributed by atoms with E-state index in [0.29, 0.717) is 36.4 Å². The minimum absolute atomic E-state index is 0.0414. The van der Waals surface area contributed by atoms with E-state index in [1.54, 1.807) is 6.20 Å². The summed E-state index contributed by atoms with van der Waals surface area (Å²) in [6.07, 6.45) is 4.00. The van der Waals surface area contributed by atoms with Crippen molar-refractivity contribution in [2.24, 2.45) is 0 Å². The molecule has 0 saturated carbocycles. The van der Waals surface area contributed by atoms with Gasteiger partial charge in [0.1, 0.15) is 18.0 Å². The van der Waals surface area contributed by atoms with Crippen LogP contribution in [0.3, 0.4) is 0 Å². The first-order valence-electron chi connectivity index (χ1n) is 6.90. The number of carboxylic acids is 1. The predicted molar refractivity (Wildman–Crippen MR) is 71.4 cm³/mol. The zero-order chi connectivity index (χ0) is 15.0. The maximum Gasteiger partial charge on any atom is 0.356 e. The molecule has 1 N–H and O–H groups in total. The SMILES string of the molecule is CCc1cnc(Cn2nc(C(=O)O)c3c2C(=O)CCC3)o1. The Morgan fingerprint density at radius 2 is 2.29 bits per heavy atom. The molecule has 110 valence electrons. The third-order valence-electron chi connectivity index (χ3n) is 3.58. The minimum Gasteiger partial charge on any atom is -0.476 e. The maximum atomic E-state index is 12.1. The Bertz CT molecular complexity index is 714. The summed E-state index contributed by atoms with van der Waals surface area (Å²) < 4.78 is 6.91. The summed E-state index contributed by atoms with van der Waals surface area (Å²) >= 11 is 0. The third-order valence-corrected chi connectivity index (χ3v) is 3.58. The number of rotatable bonds is 4. The number of nitrogens with zero attached hydrogens (tertiary/aromatic N) is 3. The summed E-state index contributed by atoms with van der Waals surface area (Å²) in [6, 6.07) is 0. The Labute approximate surface area is 120 Å². The van der Waals surface area contributed by atoms with Gasteiger partial charge in [0.15, 0.2) is 11.5 Å². The lowest BCUT2D eigenvalue weighted by Gasteiger charge is -2.12. The van der Waals surface area contributed by atoms with Crippen molar-refractivity contribution in [2.45, 2.75) is 39.2 Å². The number of aromatic carboxylic acids is 1. The summed E-state index contributed by atoms with van der Waals surface area (Å²) in [6.45, 7) is 2.12. The third kappa shape index (κ3) is 2.35. The van der Waals surface area contributed by atoms with Crippen molar-refractivity contribution in [2.75, 3.05) is 0 Å². The quantitative estimate of drug-likeness (QED) is 0.919. The lowest BCUT2D eigenvalue weighted by molar-refractivity contribution is 0.0688. The Morgan fingerprint density at radius 1 is 1.48 bits per heavy atom. The van der Waals surface area contributed by atoms with Gasteiger partial charge in [-0.1, -0.05) is 6.92 Å². The second kappa shape index (κ2) is 5.16. The van der Waals surface area contributed by atoms with Crippen LogP contribution < -0.4 is 0 Å². The minimum atomic E-state index is -1.11. The lowest BCUT2D eigenvalue weighted by atomic mass is 9.94. The number of oxazole rings is 1. The molecule has 21 heavy (non-hydrogen) atoms. The highest BCUT2D eigenvalue weighted by Crippen LogP contribution is 2.25. The van der Waals surface area contributed by atoms with Gasteiger partial charge in [-0.3, -0.25) is 9.48 Å². The Morgan fingerprint density at radius 3 is 2.95 bits per heavy atom. The van der Waals surface area contributed by atoms with Crippen LogP contribution in [0.25, 0.3) is 0 Å². The van der Waals surface area contributed by atoms with Gasteiger partial charge >= 0.3 is 5.97 Å². The van der Waals surface area contributed by atoms with Crippen LogP contribution in [-0.2, 0) is 19.4 Å². The van der Waals surface area contributed by atoms with Crippen LogP contribution in [0.5, 0.6) is 0 Å². The number of aromatic nitrogens is 3. The number of fused-ring (bicyclic) bond motifs is 1. The fourth-order valence-electron chi connectivity index (χ4n) is 2.59. The van der Waals surface area contributed by atoms with Crippen LogP contribution in [0, 0.1) is 0 Å². The summed E-state index contributed by atoms with van der Waals surface area (Å²) in [5, 5.41) is 13.3. The zero-order valence-electron chi connectivity index (χ0n) is 11.6. The molecule has 0 atom stereocenters. The molecule has 0 aliphatic heterocycles. The van der Waals surface area contributed by atoms with Gasteiger partial charge in [0, 0.05) is 18.4 Å². The molecule has 0 saturated heterocycles. The highest BCUT2D eigenvalue weighted by Gasteiger charge is 2.30. The van der Waals surface area contributed by atoms with Gasteiger partial charge in [0.25, 0.3) is 0 Å². The van der Waals surface area contributed by atoms with E-state index in [-0.39, 0.29) is 18.0 Å². The standard InChI is InChI=1S/C14H15N3O4/c1-2-8-6-15-11(21-8)7-17-13-9(4-3-5-10(13)18)12(16-17)14(19)20/h6H,2-5,7H2,1H3,(H,19,20). The number of ketones is 1. The van der Waals surface area contributed by atoms with Crippen molar-refractivity contribution in [3.63, 3.8) is 0 Å². The summed E-state index contributed by atoms with van der Waals surface area (Å²) in [5.74, 6) is -0.0110. The van der Waals surface area contributed by atoms with Gasteiger partial charge in [0.2, 0.25) is 5.89 Å². The van der Waals surface area contributed by atoms with Gasteiger partial charge in [-0.15, -0.1) is 0 Å². The molecule has 0 radical (unpaired) electrons. The van der Waals surface area contributed by atoms with E-state index in [9.17, 15) is 14.7 Å². The molecule has 7 nitrogen and oxygen atoms in total. The van der Waals surface area contributed by atoms with Crippen LogP contribution in [0.4, 0.5) is 0 Å². The number of carbonyl (C=O) groups is 2. The first kappa shape index (κ1) is 13.5. The smallest absolute Gasteiger partial charge is 0.356 e. The van der Waals surface area contributed by atoms with Crippen LogP contribution in [0.2, 0.25) is 0 Å². The van der Waals surface area contributed by atoms with E-state index in [1.807, 2.05) is 6.92 Å². The van der Waals surface area contributed by atoms with E-state index < -0.39 is 5.97 Å². The second-order valence-corrected chi connectivity index (χ2v) is 4.99. The van der Waals surface area contributed by atoms with Gasteiger partial charge < -0.3 is 9.52 Å². The Balaban J connectivity index is 2.01. The molecule has 3 rings (SSSR count). The molecule has 2 aromatic rings. The van der Waals surface area contributed by atoms with E-state index in [2.05, 4.69) is 10.1 Å². The molecule has 2 aromatic heterocycles. The molecule has 0 aromatic carbocycles. The molecule has 0 bridgehead atoms. The number of aryl methyl sites for hydroxylation is 1. The molecule has 1 aliphatic rings. The molecule has 0 unspecified atom stereocenters. The Kier molecular flexibility index (Phi) is 3.32. The number of hydrogen-bond donors (Lipinski definition) is 1. The monoisotopic (exact) mass is 289 g/mol. The van der Waals surface area contributed by atoms with Crippen LogP contribution in [0.15, 0.2) is 10.6 Å². The second-order valence-electron chi connectivity index (χ2n) is 4.99. The molecular formula is C14H15N3O4. The number of carboxylic acid groups (broad SMARTS) is 1. The maximum absolute atomic E-state index is 12.1. The fraction of sp³-hybridized carbons (Fsp3) is 0.429. The topological polar surface area (TPSA) is 98.2 Å². The normalized spacial score (nSPS) is 14.2. The van der Waals surface area contributed by atoms with Crippen molar-refractivity contribution in [1.82, 2.24) is 14.8 Å². The number of Topliss-reactive ketones (excluding diaryl/α,β-unsaturated/α-hetero) is 1. The molecule has 2 heterocycles. The fourth-order valence-corrected chi connectivity index (χ4v) is 2.59. The zero-order valence-corrected chi connectivity index (χ0v) is 11.6. The average Bonchev–Trinajstić information content (AvgIpc) is 3.05.